The van der Waals surface area contributed by atoms with Gasteiger partial charge in [-0.2, -0.15) is 0 Å². The predicted molar refractivity (Wildman–Crippen MR) is 145 cm³/mol. The van der Waals surface area contributed by atoms with Gasteiger partial charge in [-0.25, -0.2) is 4.39 Å². The number of phenols is 1. The van der Waals surface area contributed by atoms with Crippen molar-refractivity contribution in [1.29, 1.82) is 0 Å². The van der Waals surface area contributed by atoms with Crippen LogP contribution in [0.25, 0.3) is 0 Å². The summed E-state index contributed by atoms with van der Waals surface area (Å²) in [7, 11) is 0. The Kier molecular flexibility index (Phi) is 6.88. The van der Waals surface area contributed by atoms with Gasteiger partial charge in [0.05, 0.1) is 11.7 Å². The Labute approximate surface area is 225 Å². The number of nitrogens with zero attached hydrogens (tertiary/aromatic N) is 1. The molecule has 1 unspecified atom stereocenters. The SMILES string of the molecule is CC1(C)CC(=O)C2=C(C1)Nc1c(O)cccc1N(C(=O)CCl)C2c1ccc(OCc2ccccc2)cc1F. The molecule has 0 saturated carbocycles. The minimum Gasteiger partial charge on any atom is -0.506 e. The zero-order valence-corrected chi connectivity index (χ0v) is 21.9. The molecule has 2 aliphatic rings. The van der Waals surface area contributed by atoms with Gasteiger partial charge in [0.1, 0.15) is 35.5 Å². The van der Waals surface area contributed by atoms with Crippen molar-refractivity contribution in [3.05, 3.63) is 94.9 Å². The highest BCUT2D eigenvalue weighted by Gasteiger charge is 2.44. The standard InChI is InChI=1S/C30H28ClFN2O4/c1-30(2)14-22-27(25(36)15-30)29(34(26(37)16-31)23-9-6-10-24(35)28(23)33-22)20-12-11-19(13-21(20)32)38-17-18-7-4-3-5-8-18/h3-13,29,33,35H,14-17H2,1-2H3. The third kappa shape index (κ3) is 4.86. The van der Waals surface area contributed by atoms with Gasteiger partial charge in [0, 0.05) is 29.3 Å². The van der Waals surface area contributed by atoms with Gasteiger partial charge in [-0.15, -0.1) is 11.6 Å². The molecule has 38 heavy (non-hydrogen) atoms. The Hall–Kier alpha value is -3.84. The number of carbonyl (C=O) groups is 2. The van der Waals surface area contributed by atoms with E-state index in [0.29, 0.717) is 23.6 Å². The molecule has 1 aliphatic heterocycles. The number of phenolic OH excluding ortho intramolecular Hbond substituents is 1. The van der Waals surface area contributed by atoms with Crippen LogP contribution in [0.3, 0.4) is 0 Å². The van der Waals surface area contributed by atoms with E-state index in [4.69, 9.17) is 16.3 Å². The summed E-state index contributed by atoms with van der Waals surface area (Å²) in [5.74, 6) is -1.52. The Morgan fingerprint density at radius 3 is 2.61 bits per heavy atom. The van der Waals surface area contributed by atoms with Gasteiger partial charge in [0.15, 0.2) is 5.78 Å². The van der Waals surface area contributed by atoms with Crippen LogP contribution < -0.4 is 15.0 Å². The molecule has 3 aromatic carbocycles. The highest BCUT2D eigenvalue weighted by atomic mass is 35.5. The maximum atomic E-state index is 15.9. The number of anilines is 2. The number of nitrogens with one attached hydrogen (secondary N) is 1. The molecule has 0 saturated heterocycles. The number of ether oxygens (including phenoxy) is 1. The molecule has 8 heteroatoms. The number of para-hydroxylation sites is 1. The highest BCUT2D eigenvalue weighted by molar-refractivity contribution is 6.30. The lowest BCUT2D eigenvalue weighted by atomic mass is 9.73. The van der Waals surface area contributed by atoms with E-state index < -0.39 is 23.6 Å². The minimum atomic E-state index is -1.08. The smallest absolute Gasteiger partial charge is 0.242 e. The first kappa shape index (κ1) is 25.8. The lowest BCUT2D eigenvalue weighted by Crippen LogP contribution is -2.40. The van der Waals surface area contributed by atoms with Crippen LogP contribution in [0.4, 0.5) is 15.8 Å². The molecule has 0 spiro atoms. The summed E-state index contributed by atoms with van der Waals surface area (Å²) in [6.07, 6.45) is 0.705. The molecule has 3 aromatic rings. The van der Waals surface area contributed by atoms with Gasteiger partial charge >= 0.3 is 0 Å². The predicted octanol–water partition coefficient (Wildman–Crippen LogP) is 6.49. The van der Waals surface area contributed by atoms with E-state index in [1.54, 1.807) is 24.3 Å². The molecule has 1 atom stereocenters. The first-order chi connectivity index (χ1) is 18.2. The normalized spacial score (nSPS) is 18.3. The van der Waals surface area contributed by atoms with Crippen molar-refractivity contribution in [2.45, 2.75) is 39.3 Å². The number of hydrogen-bond donors (Lipinski definition) is 2. The number of allylic oxidation sites excluding steroid dienone is 1. The maximum Gasteiger partial charge on any atom is 0.242 e. The number of alkyl halides is 1. The van der Waals surface area contributed by atoms with Gasteiger partial charge in [-0.05, 0) is 41.7 Å². The monoisotopic (exact) mass is 534 g/mol. The van der Waals surface area contributed by atoms with E-state index in [0.717, 1.165) is 5.56 Å². The zero-order chi connectivity index (χ0) is 27.0. The van der Waals surface area contributed by atoms with E-state index in [-0.39, 0.29) is 46.8 Å². The average Bonchev–Trinajstić information content (AvgIpc) is 3.02. The lowest BCUT2D eigenvalue weighted by Gasteiger charge is -2.37. The molecule has 1 amide bonds. The fourth-order valence-electron chi connectivity index (χ4n) is 5.24. The first-order valence-electron chi connectivity index (χ1n) is 12.4. The molecule has 0 bridgehead atoms. The van der Waals surface area contributed by atoms with Gasteiger partial charge in [0.2, 0.25) is 5.91 Å². The van der Waals surface area contributed by atoms with Crippen molar-refractivity contribution in [2.75, 3.05) is 16.1 Å². The number of benzene rings is 3. The summed E-state index contributed by atoms with van der Waals surface area (Å²) in [5.41, 5.74) is 2.13. The van der Waals surface area contributed by atoms with Crippen LogP contribution in [0.2, 0.25) is 0 Å². The summed E-state index contributed by atoms with van der Waals surface area (Å²) in [6, 6.07) is 17.6. The minimum absolute atomic E-state index is 0.0941. The van der Waals surface area contributed by atoms with Crippen molar-refractivity contribution in [2.24, 2.45) is 5.41 Å². The zero-order valence-electron chi connectivity index (χ0n) is 21.1. The van der Waals surface area contributed by atoms with Gasteiger partial charge in [-0.1, -0.05) is 50.2 Å². The number of hydrogen-bond acceptors (Lipinski definition) is 5. The summed E-state index contributed by atoms with van der Waals surface area (Å²) in [4.78, 5) is 28.3. The molecule has 0 aromatic heterocycles. The number of halogens is 2. The second-order valence-electron chi connectivity index (χ2n) is 10.4. The second-order valence-corrected chi connectivity index (χ2v) is 10.7. The Balaban J connectivity index is 1.64. The molecule has 1 heterocycles. The quantitative estimate of drug-likeness (QED) is 0.289. The van der Waals surface area contributed by atoms with E-state index >= 15 is 4.39 Å². The number of carbonyl (C=O) groups excluding carboxylic acids is 2. The van der Waals surface area contributed by atoms with Crippen LogP contribution in [-0.4, -0.2) is 22.7 Å². The number of Topliss-reactive ketones (excluding diaryl/α,β-unsaturated/α-hetero) is 1. The van der Waals surface area contributed by atoms with Crippen LogP contribution in [0.1, 0.15) is 43.9 Å². The molecule has 6 nitrogen and oxygen atoms in total. The number of fused-ring (bicyclic) bond motifs is 1. The van der Waals surface area contributed by atoms with Gasteiger partial charge < -0.3 is 15.2 Å². The number of amides is 1. The van der Waals surface area contributed by atoms with Crippen LogP contribution >= 0.6 is 11.6 Å². The van der Waals surface area contributed by atoms with Crippen LogP contribution in [0, 0.1) is 11.2 Å². The molecular weight excluding hydrogens is 507 g/mol. The Bertz CT molecular complexity index is 1440. The van der Waals surface area contributed by atoms with E-state index in [2.05, 4.69) is 5.32 Å². The maximum absolute atomic E-state index is 15.9. The molecule has 0 radical (unpaired) electrons. The molecule has 0 fully saturated rings. The first-order valence-corrected chi connectivity index (χ1v) is 12.9. The summed E-state index contributed by atoms with van der Waals surface area (Å²) in [6.45, 7) is 4.21. The fourth-order valence-corrected chi connectivity index (χ4v) is 5.37. The second kappa shape index (κ2) is 10.1. The average molecular weight is 535 g/mol. The van der Waals surface area contributed by atoms with Gasteiger partial charge in [-0.3, -0.25) is 14.5 Å². The van der Waals surface area contributed by atoms with Crippen molar-refractivity contribution in [1.82, 2.24) is 0 Å². The Morgan fingerprint density at radius 2 is 1.89 bits per heavy atom. The number of rotatable bonds is 5. The highest BCUT2D eigenvalue weighted by Crippen LogP contribution is 2.50. The third-order valence-electron chi connectivity index (χ3n) is 6.91. The molecule has 1 aliphatic carbocycles. The van der Waals surface area contributed by atoms with Crippen molar-refractivity contribution in [3.8, 4) is 11.5 Å². The number of ketones is 1. The summed E-state index contributed by atoms with van der Waals surface area (Å²) < 4.78 is 21.7. The molecular formula is C30H28ClFN2O4. The van der Waals surface area contributed by atoms with Gasteiger partial charge in [0.25, 0.3) is 0 Å². The van der Waals surface area contributed by atoms with Crippen LogP contribution in [0.15, 0.2) is 78.0 Å². The van der Waals surface area contributed by atoms with Crippen molar-refractivity contribution >= 4 is 34.7 Å². The number of aromatic hydroxyl groups is 1. The fraction of sp³-hybridized carbons (Fsp3) is 0.267. The van der Waals surface area contributed by atoms with Crippen LogP contribution in [0.5, 0.6) is 11.5 Å². The van der Waals surface area contributed by atoms with E-state index in [1.165, 1.54) is 17.0 Å². The summed E-state index contributed by atoms with van der Waals surface area (Å²) in [5, 5.41) is 13.9. The largest absolute Gasteiger partial charge is 0.506 e. The topological polar surface area (TPSA) is 78.9 Å². The third-order valence-corrected chi connectivity index (χ3v) is 7.13. The van der Waals surface area contributed by atoms with Crippen LogP contribution in [-0.2, 0) is 16.2 Å². The van der Waals surface area contributed by atoms with Crippen molar-refractivity contribution in [3.63, 3.8) is 0 Å². The molecule has 2 N–H and O–H groups in total. The van der Waals surface area contributed by atoms with E-state index in [9.17, 15) is 14.7 Å². The van der Waals surface area contributed by atoms with Crippen molar-refractivity contribution < 1.29 is 23.8 Å². The van der Waals surface area contributed by atoms with E-state index in [1.807, 2.05) is 44.2 Å². The molecule has 5 rings (SSSR count). The lowest BCUT2D eigenvalue weighted by molar-refractivity contribution is -0.118. The Morgan fingerprint density at radius 1 is 1.13 bits per heavy atom. The summed E-state index contributed by atoms with van der Waals surface area (Å²) >= 11 is 6.03. The molecule has 196 valence electrons.